The van der Waals surface area contributed by atoms with Crippen LogP contribution in [0.4, 0.5) is 11.5 Å². The summed E-state index contributed by atoms with van der Waals surface area (Å²) in [5.41, 5.74) is 9.57. The Kier molecular flexibility index (Phi) is 5.26. The number of nitrogen functional groups attached to an aromatic ring is 1. The highest BCUT2D eigenvalue weighted by atomic mass is 32.2. The highest BCUT2D eigenvalue weighted by Gasteiger charge is 2.17. The van der Waals surface area contributed by atoms with Crippen molar-refractivity contribution in [3.05, 3.63) is 78.1 Å². The van der Waals surface area contributed by atoms with Gasteiger partial charge in [0, 0.05) is 23.8 Å². The number of nitrogens with zero attached hydrogens (tertiary/aromatic N) is 2. The minimum atomic E-state index is 0.270. The van der Waals surface area contributed by atoms with Gasteiger partial charge in [0.25, 0.3) is 0 Å². The SMILES string of the molecule is CC(C)c1cccc(N2C=CC=CC2SCc2ccnc(N)c2)c1. The summed E-state index contributed by atoms with van der Waals surface area (Å²) in [6.45, 7) is 4.45. The van der Waals surface area contributed by atoms with E-state index in [9.17, 15) is 0 Å². The quantitative estimate of drug-likeness (QED) is 0.839. The van der Waals surface area contributed by atoms with Crippen LogP contribution in [0.3, 0.4) is 0 Å². The van der Waals surface area contributed by atoms with Crippen LogP contribution in [0.5, 0.6) is 0 Å². The zero-order chi connectivity index (χ0) is 16.9. The lowest BCUT2D eigenvalue weighted by Crippen LogP contribution is -2.27. The standard InChI is InChI=1S/C20H23N3S/c1-15(2)17-6-5-7-18(13-17)23-11-4-3-8-20(23)24-14-16-9-10-22-19(21)12-16/h3-13,15,20H,14H2,1-2H3,(H2,21,22). The Hall–Kier alpha value is -2.20. The molecular weight excluding hydrogens is 314 g/mol. The van der Waals surface area contributed by atoms with Crippen LogP contribution in [-0.2, 0) is 5.75 Å². The first-order valence-electron chi connectivity index (χ1n) is 8.19. The molecular formula is C20H23N3S. The molecule has 1 aliphatic heterocycles. The summed E-state index contributed by atoms with van der Waals surface area (Å²) < 4.78 is 0. The molecule has 1 unspecified atom stereocenters. The zero-order valence-corrected chi connectivity index (χ0v) is 14.9. The summed E-state index contributed by atoms with van der Waals surface area (Å²) in [5.74, 6) is 2.00. The van der Waals surface area contributed by atoms with E-state index in [4.69, 9.17) is 5.73 Å². The number of pyridine rings is 1. The Balaban J connectivity index is 1.75. The number of thioether (sulfide) groups is 1. The number of aromatic nitrogens is 1. The molecule has 0 spiro atoms. The number of hydrogen-bond acceptors (Lipinski definition) is 4. The van der Waals surface area contributed by atoms with Crippen molar-refractivity contribution in [3.63, 3.8) is 0 Å². The molecule has 3 nitrogen and oxygen atoms in total. The number of nitrogens with two attached hydrogens (primary N) is 1. The number of anilines is 2. The van der Waals surface area contributed by atoms with E-state index in [1.807, 2.05) is 23.9 Å². The van der Waals surface area contributed by atoms with Crippen molar-refractivity contribution in [1.29, 1.82) is 0 Å². The third-order valence-electron chi connectivity index (χ3n) is 4.01. The fourth-order valence-electron chi connectivity index (χ4n) is 2.66. The minimum Gasteiger partial charge on any atom is -0.384 e. The lowest BCUT2D eigenvalue weighted by Gasteiger charge is -2.30. The molecule has 1 aliphatic rings. The molecule has 0 fully saturated rings. The lowest BCUT2D eigenvalue weighted by atomic mass is 10.0. The first kappa shape index (κ1) is 16.7. The Morgan fingerprint density at radius 1 is 1.21 bits per heavy atom. The number of hydrogen-bond donors (Lipinski definition) is 1. The van der Waals surface area contributed by atoms with E-state index >= 15 is 0 Å². The van der Waals surface area contributed by atoms with Gasteiger partial charge in [-0.3, -0.25) is 0 Å². The first-order chi connectivity index (χ1) is 11.6. The molecule has 1 atom stereocenters. The molecule has 0 saturated carbocycles. The van der Waals surface area contributed by atoms with Crippen molar-refractivity contribution in [2.45, 2.75) is 30.9 Å². The predicted molar refractivity (Wildman–Crippen MR) is 105 cm³/mol. The second kappa shape index (κ2) is 7.58. The van der Waals surface area contributed by atoms with E-state index in [1.54, 1.807) is 6.20 Å². The molecule has 24 heavy (non-hydrogen) atoms. The molecule has 2 N–H and O–H groups in total. The van der Waals surface area contributed by atoms with Crippen LogP contribution in [-0.4, -0.2) is 10.4 Å². The van der Waals surface area contributed by atoms with Crippen molar-refractivity contribution < 1.29 is 0 Å². The number of benzene rings is 1. The van der Waals surface area contributed by atoms with Crippen LogP contribution >= 0.6 is 11.8 Å². The highest BCUT2D eigenvalue weighted by molar-refractivity contribution is 7.99. The third kappa shape index (κ3) is 4.01. The minimum absolute atomic E-state index is 0.270. The van der Waals surface area contributed by atoms with Crippen molar-refractivity contribution in [3.8, 4) is 0 Å². The van der Waals surface area contributed by atoms with Crippen LogP contribution in [0, 0.1) is 0 Å². The van der Waals surface area contributed by atoms with Gasteiger partial charge in [-0.05, 0) is 47.4 Å². The average Bonchev–Trinajstić information content (AvgIpc) is 2.60. The zero-order valence-electron chi connectivity index (χ0n) is 14.1. The fourth-order valence-corrected chi connectivity index (χ4v) is 3.76. The number of rotatable bonds is 5. The van der Waals surface area contributed by atoms with E-state index in [-0.39, 0.29) is 5.37 Å². The second-order valence-electron chi connectivity index (χ2n) is 6.17. The van der Waals surface area contributed by atoms with Crippen LogP contribution in [0.2, 0.25) is 0 Å². The van der Waals surface area contributed by atoms with Crippen LogP contribution in [0.15, 0.2) is 67.0 Å². The molecule has 0 bridgehead atoms. The van der Waals surface area contributed by atoms with E-state index in [0.29, 0.717) is 11.7 Å². The van der Waals surface area contributed by atoms with E-state index < -0.39 is 0 Å². The van der Waals surface area contributed by atoms with Crippen molar-refractivity contribution in [2.24, 2.45) is 0 Å². The van der Waals surface area contributed by atoms with Gasteiger partial charge in [0.2, 0.25) is 0 Å². The Morgan fingerprint density at radius 3 is 2.88 bits per heavy atom. The predicted octanol–water partition coefficient (Wildman–Crippen LogP) is 4.94. The molecule has 3 rings (SSSR count). The van der Waals surface area contributed by atoms with Gasteiger partial charge in [0.05, 0.1) is 5.37 Å². The molecule has 0 aliphatic carbocycles. The highest BCUT2D eigenvalue weighted by Crippen LogP contribution is 2.31. The van der Waals surface area contributed by atoms with Crippen LogP contribution in [0.25, 0.3) is 0 Å². The van der Waals surface area contributed by atoms with Gasteiger partial charge in [0.1, 0.15) is 5.82 Å². The molecule has 124 valence electrons. The Bertz CT molecular complexity index is 752. The first-order valence-corrected chi connectivity index (χ1v) is 9.23. The van der Waals surface area contributed by atoms with Gasteiger partial charge in [-0.25, -0.2) is 4.98 Å². The van der Waals surface area contributed by atoms with Gasteiger partial charge in [-0.1, -0.05) is 38.1 Å². The topological polar surface area (TPSA) is 42.2 Å². The normalized spacial score (nSPS) is 16.8. The van der Waals surface area contributed by atoms with E-state index in [2.05, 4.69) is 72.4 Å². The van der Waals surface area contributed by atoms with Gasteiger partial charge < -0.3 is 10.6 Å². The van der Waals surface area contributed by atoms with Gasteiger partial charge in [-0.15, -0.1) is 11.8 Å². The summed E-state index contributed by atoms with van der Waals surface area (Å²) >= 11 is 1.88. The second-order valence-corrected chi connectivity index (χ2v) is 7.28. The summed E-state index contributed by atoms with van der Waals surface area (Å²) in [6, 6.07) is 12.8. The summed E-state index contributed by atoms with van der Waals surface area (Å²) in [6.07, 6.45) is 10.4. The molecule has 1 aromatic carbocycles. The van der Waals surface area contributed by atoms with Gasteiger partial charge >= 0.3 is 0 Å². The Morgan fingerprint density at radius 2 is 2.08 bits per heavy atom. The maximum absolute atomic E-state index is 5.77. The summed E-state index contributed by atoms with van der Waals surface area (Å²) in [5, 5.41) is 0.270. The molecule has 0 saturated heterocycles. The lowest BCUT2D eigenvalue weighted by molar-refractivity contribution is 0.864. The molecule has 4 heteroatoms. The molecule has 2 heterocycles. The largest absolute Gasteiger partial charge is 0.384 e. The monoisotopic (exact) mass is 337 g/mol. The summed E-state index contributed by atoms with van der Waals surface area (Å²) in [4.78, 5) is 6.38. The van der Waals surface area contributed by atoms with Crippen LogP contribution in [0.1, 0.15) is 30.9 Å². The van der Waals surface area contributed by atoms with Crippen LogP contribution < -0.4 is 10.6 Å². The van der Waals surface area contributed by atoms with Gasteiger partial charge in [-0.2, -0.15) is 0 Å². The smallest absolute Gasteiger partial charge is 0.123 e. The molecule has 0 amide bonds. The molecule has 2 aromatic rings. The number of allylic oxidation sites excluding steroid dienone is 2. The van der Waals surface area contributed by atoms with Crippen molar-refractivity contribution in [1.82, 2.24) is 4.98 Å². The summed E-state index contributed by atoms with van der Waals surface area (Å²) in [7, 11) is 0. The van der Waals surface area contributed by atoms with Crippen molar-refractivity contribution >= 4 is 23.3 Å². The van der Waals surface area contributed by atoms with E-state index in [0.717, 1.165) is 5.75 Å². The van der Waals surface area contributed by atoms with E-state index in [1.165, 1.54) is 16.8 Å². The maximum atomic E-state index is 5.77. The van der Waals surface area contributed by atoms with Gasteiger partial charge in [0.15, 0.2) is 0 Å². The average molecular weight is 337 g/mol. The fraction of sp³-hybridized carbons (Fsp3) is 0.250. The molecule has 1 aromatic heterocycles. The Labute approximate surface area is 148 Å². The third-order valence-corrected chi connectivity index (χ3v) is 5.23. The maximum Gasteiger partial charge on any atom is 0.123 e. The molecule has 0 radical (unpaired) electrons. The van der Waals surface area contributed by atoms with Crippen molar-refractivity contribution in [2.75, 3.05) is 10.6 Å².